The maximum atomic E-state index is 13.5. The van der Waals surface area contributed by atoms with Crippen molar-refractivity contribution in [3.8, 4) is 0 Å². The minimum absolute atomic E-state index is 0.136. The monoisotopic (exact) mass is 535 g/mol. The predicted octanol–water partition coefficient (Wildman–Crippen LogP) is 3.29. The fraction of sp³-hybridized carbons (Fsp3) is 0.500. The van der Waals surface area contributed by atoms with Crippen molar-refractivity contribution in [2.45, 2.75) is 69.2 Å². The van der Waals surface area contributed by atoms with Crippen molar-refractivity contribution in [1.29, 1.82) is 0 Å². The molecular weight excluding hydrogens is 498 g/mol. The van der Waals surface area contributed by atoms with E-state index in [2.05, 4.69) is 29.6 Å². The molecule has 7 nitrogen and oxygen atoms in total. The molecule has 2 aliphatic heterocycles. The summed E-state index contributed by atoms with van der Waals surface area (Å²) < 4.78 is 0. The van der Waals surface area contributed by atoms with Gasteiger partial charge in [-0.15, -0.1) is 11.8 Å². The van der Waals surface area contributed by atoms with E-state index in [1.807, 2.05) is 30.3 Å². The molecule has 3 aliphatic rings. The lowest BCUT2D eigenvalue weighted by Gasteiger charge is -2.44. The maximum Gasteiger partial charge on any atom is 0.255 e. The van der Waals surface area contributed by atoms with E-state index >= 15 is 0 Å². The number of aliphatic hydroxyl groups is 2. The van der Waals surface area contributed by atoms with E-state index in [0.717, 1.165) is 48.5 Å². The van der Waals surface area contributed by atoms with E-state index in [1.165, 1.54) is 17.5 Å². The minimum Gasteiger partial charge on any atom is -0.380 e. The number of hydrogen-bond acceptors (Lipinski definition) is 6. The van der Waals surface area contributed by atoms with E-state index in [4.69, 9.17) is 4.99 Å². The Morgan fingerprint density at radius 2 is 1.74 bits per heavy atom. The number of fused-ring (bicyclic) bond motifs is 1. The van der Waals surface area contributed by atoms with E-state index in [9.17, 15) is 19.8 Å². The molecule has 3 N–H and O–H groups in total. The van der Waals surface area contributed by atoms with Gasteiger partial charge in [0, 0.05) is 12.3 Å². The third kappa shape index (κ3) is 6.14. The van der Waals surface area contributed by atoms with Crippen molar-refractivity contribution in [2.75, 3.05) is 18.8 Å². The zero-order valence-electron chi connectivity index (χ0n) is 21.7. The number of hydrogen-bond donors (Lipinski definition) is 3. The number of carbonyl (C=O) groups is 2. The number of nitrogens with zero attached hydrogens (tertiary/aromatic N) is 2. The van der Waals surface area contributed by atoms with Crippen LogP contribution in [0, 0.1) is 5.92 Å². The first-order valence-electron chi connectivity index (χ1n) is 13.8. The largest absolute Gasteiger partial charge is 0.380 e. The molecule has 0 radical (unpaired) electrons. The van der Waals surface area contributed by atoms with Gasteiger partial charge < -0.3 is 20.4 Å². The van der Waals surface area contributed by atoms with E-state index < -0.39 is 24.0 Å². The molecule has 1 aliphatic carbocycles. The Bertz CT molecular complexity index is 1150. The van der Waals surface area contributed by atoms with Crippen molar-refractivity contribution in [1.82, 2.24) is 10.2 Å². The molecular formula is C30H37N3O4S. The smallest absolute Gasteiger partial charge is 0.255 e. The lowest BCUT2D eigenvalue weighted by Crippen LogP contribution is -2.54. The summed E-state index contributed by atoms with van der Waals surface area (Å²) in [5.74, 6) is -0.183. The number of rotatable bonds is 8. The van der Waals surface area contributed by atoms with Gasteiger partial charge in [0.05, 0.1) is 23.7 Å². The number of benzene rings is 2. The molecule has 4 atom stereocenters. The molecule has 202 valence electrons. The quantitative estimate of drug-likeness (QED) is 0.482. The number of amides is 2. The van der Waals surface area contributed by atoms with Crippen LogP contribution in [0.5, 0.6) is 0 Å². The van der Waals surface area contributed by atoms with Crippen molar-refractivity contribution in [2.24, 2.45) is 10.9 Å². The fourth-order valence-electron chi connectivity index (χ4n) is 6.08. The van der Waals surface area contributed by atoms with Crippen LogP contribution in [0.1, 0.15) is 54.8 Å². The highest BCUT2D eigenvalue weighted by molar-refractivity contribution is 8.14. The highest BCUT2D eigenvalue weighted by atomic mass is 32.2. The van der Waals surface area contributed by atoms with Gasteiger partial charge in [0.25, 0.3) is 11.8 Å². The second-order valence-corrected chi connectivity index (χ2v) is 11.7. The fourth-order valence-corrected chi connectivity index (χ4v) is 7.05. The predicted molar refractivity (Wildman–Crippen MR) is 150 cm³/mol. The summed E-state index contributed by atoms with van der Waals surface area (Å²) in [5.41, 5.74) is 3.59. The van der Waals surface area contributed by atoms with E-state index in [1.54, 1.807) is 16.7 Å². The number of thioether (sulfide) groups is 1. The molecule has 0 saturated heterocycles. The van der Waals surface area contributed by atoms with Crippen LogP contribution >= 0.6 is 11.8 Å². The lowest BCUT2D eigenvalue weighted by molar-refractivity contribution is -0.156. The third-order valence-electron chi connectivity index (χ3n) is 8.03. The molecule has 1 fully saturated rings. The summed E-state index contributed by atoms with van der Waals surface area (Å²) in [4.78, 5) is 32.6. The Balaban J connectivity index is 1.20. The second-order valence-electron chi connectivity index (χ2n) is 10.6. The molecule has 0 bridgehead atoms. The Labute approximate surface area is 228 Å². The Morgan fingerprint density at radius 1 is 1.00 bits per heavy atom. The van der Waals surface area contributed by atoms with Crippen LogP contribution < -0.4 is 5.32 Å². The van der Waals surface area contributed by atoms with E-state index in [-0.39, 0.29) is 18.6 Å². The normalized spacial score (nSPS) is 23.3. The van der Waals surface area contributed by atoms with Gasteiger partial charge in [0.1, 0.15) is 0 Å². The maximum absolute atomic E-state index is 13.5. The summed E-state index contributed by atoms with van der Waals surface area (Å²) >= 11 is 1.59. The van der Waals surface area contributed by atoms with Gasteiger partial charge in [-0.25, -0.2) is 0 Å². The van der Waals surface area contributed by atoms with Crippen molar-refractivity contribution < 1.29 is 19.8 Å². The number of carbonyl (C=O) groups excluding carboxylic acids is 2. The SMILES string of the molecule is O=C(NCC1=NC(Cc2ccccc2)CS1)[C@H](O)[C@@H](O)C(=O)N1CCc2ccccc2C1C1CCCCC1. The van der Waals surface area contributed by atoms with Crippen LogP contribution in [-0.4, -0.2) is 69.1 Å². The second kappa shape index (κ2) is 12.5. The van der Waals surface area contributed by atoms with Crippen molar-refractivity contribution in [3.63, 3.8) is 0 Å². The number of aliphatic imine (C=N–C) groups is 1. The molecule has 0 aromatic heterocycles. The summed E-state index contributed by atoms with van der Waals surface area (Å²) in [6.45, 7) is 0.646. The van der Waals surface area contributed by atoms with Gasteiger partial charge in [-0.1, -0.05) is 73.9 Å². The van der Waals surface area contributed by atoms with Crippen LogP contribution in [0.15, 0.2) is 59.6 Å². The molecule has 2 aromatic carbocycles. The van der Waals surface area contributed by atoms with Crippen LogP contribution in [-0.2, 0) is 22.4 Å². The minimum atomic E-state index is -1.83. The molecule has 1 saturated carbocycles. The third-order valence-corrected chi connectivity index (χ3v) is 9.16. The zero-order chi connectivity index (χ0) is 26.5. The molecule has 38 heavy (non-hydrogen) atoms. The van der Waals surface area contributed by atoms with E-state index in [0.29, 0.717) is 18.9 Å². The van der Waals surface area contributed by atoms with Gasteiger partial charge >= 0.3 is 0 Å². The molecule has 2 unspecified atom stereocenters. The first-order chi connectivity index (χ1) is 18.5. The van der Waals surface area contributed by atoms with Crippen LogP contribution in [0.25, 0.3) is 0 Å². The average molecular weight is 536 g/mol. The summed E-state index contributed by atoms with van der Waals surface area (Å²) in [6.07, 6.45) is 3.43. The molecule has 2 aromatic rings. The molecule has 2 heterocycles. The molecule has 2 amide bonds. The van der Waals surface area contributed by atoms with Crippen molar-refractivity contribution >= 4 is 28.6 Å². The number of aliphatic hydroxyl groups excluding tert-OH is 2. The van der Waals surface area contributed by atoms with Gasteiger partial charge in [-0.05, 0) is 48.3 Å². The standard InChI is InChI=1S/C30H37N3O4S/c34-27(29(36)31-18-25-32-23(19-38-25)17-20-9-3-1-4-10-20)28(35)30(37)33-16-15-21-11-7-8-14-24(21)26(33)22-12-5-2-6-13-22/h1,3-4,7-11,14,22-23,26-28,34-35H,2,5-6,12-13,15-19H2,(H,31,36)/t23?,26?,27-,28-/m1/s1. The number of nitrogens with one attached hydrogen (secondary N) is 1. The molecule has 5 rings (SSSR count). The lowest BCUT2D eigenvalue weighted by atomic mass is 9.77. The van der Waals surface area contributed by atoms with Gasteiger partial charge in [0.15, 0.2) is 12.2 Å². The van der Waals surface area contributed by atoms with Gasteiger partial charge in [-0.3, -0.25) is 14.6 Å². The molecule has 0 spiro atoms. The van der Waals surface area contributed by atoms with Crippen molar-refractivity contribution in [3.05, 3.63) is 71.3 Å². The summed E-state index contributed by atoms with van der Waals surface area (Å²) in [6, 6.07) is 18.4. The zero-order valence-corrected chi connectivity index (χ0v) is 22.5. The average Bonchev–Trinajstić information content (AvgIpc) is 3.42. The van der Waals surface area contributed by atoms with Gasteiger partial charge in [0.2, 0.25) is 0 Å². The first-order valence-corrected chi connectivity index (χ1v) is 14.8. The highest BCUT2D eigenvalue weighted by Gasteiger charge is 2.41. The van der Waals surface area contributed by atoms with Crippen LogP contribution in [0.3, 0.4) is 0 Å². The summed E-state index contributed by atoms with van der Waals surface area (Å²) in [5, 5.41) is 24.9. The van der Waals surface area contributed by atoms with Crippen LogP contribution in [0.4, 0.5) is 0 Å². The van der Waals surface area contributed by atoms with Gasteiger partial charge in [-0.2, -0.15) is 0 Å². The van der Waals surface area contributed by atoms with Crippen LogP contribution in [0.2, 0.25) is 0 Å². The Hall–Kier alpha value is -2.68. The highest BCUT2D eigenvalue weighted by Crippen LogP contribution is 2.42. The Kier molecular flexibility index (Phi) is 8.82. The first kappa shape index (κ1) is 26.9. The Morgan fingerprint density at radius 3 is 2.53 bits per heavy atom. The molecule has 8 heteroatoms. The topological polar surface area (TPSA) is 102 Å². The summed E-state index contributed by atoms with van der Waals surface area (Å²) in [7, 11) is 0.